The Morgan fingerprint density at radius 2 is 2.03 bits per heavy atom. The summed E-state index contributed by atoms with van der Waals surface area (Å²) in [5, 5.41) is 10.2. The van der Waals surface area contributed by atoms with E-state index >= 15 is 0 Å². The highest BCUT2D eigenvalue weighted by Gasteiger charge is 2.42. The van der Waals surface area contributed by atoms with Gasteiger partial charge in [-0.2, -0.15) is 0 Å². The number of halogens is 1. The summed E-state index contributed by atoms with van der Waals surface area (Å²) in [6, 6.07) is 11.3. The van der Waals surface area contributed by atoms with Gasteiger partial charge in [0.25, 0.3) is 5.91 Å². The molecule has 1 aromatic heterocycles. The number of hydrogen-bond donors (Lipinski definition) is 1. The summed E-state index contributed by atoms with van der Waals surface area (Å²) in [6.07, 6.45) is 0.863. The molecule has 1 aliphatic rings. The van der Waals surface area contributed by atoms with Crippen LogP contribution in [0.2, 0.25) is 5.02 Å². The molecule has 0 fully saturated rings. The second-order valence-corrected chi connectivity index (χ2v) is 7.30. The van der Waals surface area contributed by atoms with Gasteiger partial charge in [-0.15, -0.1) is 0 Å². The van der Waals surface area contributed by atoms with Crippen molar-refractivity contribution in [3.05, 3.63) is 74.6 Å². The maximum Gasteiger partial charge on any atom is 0.290 e. The van der Waals surface area contributed by atoms with E-state index in [0.717, 1.165) is 6.42 Å². The van der Waals surface area contributed by atoms with Gasteiger partial charge in [0.05, 0.1) is 30.2 Å². The summed E-state index contributed by atoms with van der Waals surface area (Å²) in [4.78, 5) is 27.8. The molecule has 6 nitrogen and oxygen atoms in total. The molecule has 1 atom stereocenters. The van der Waals surface area contributed by atoms with Gasteiger partial charge >= 0.3 is 0 Å². The van der Waals surface area contributed by atoms with Gasteiger partial charge in [-0.05, 0) is 42.3 Å². The van der Waals surface area contributed by atoms with Crippen LogP contribution < -0.4 is 10.2 Å². The van der Waals surface area contributed by atoms with E-state index in [1.54, 1.807) is 18.2 Å². The number of hydrogen-bond acceptors (Lipinski definition) is 5. The minimum atomic E-state index is -0.672. The van der Waals surface area contributed by atoms with Gasteiger partial charge < -0.3 is 19.2 Å². The van der Waals surface area contributed by atoms with Crippen LogP contribution in [0.15, 0.2) is 51.7 Å². The molecule has 150 valence electrons. The maximum absolute atomic E-state index is 13.3. The summed E-state index contributed by atoms with van der Waals surface area (Å²) in [7, 11) is 0. The molecule has 1 N–H and O–H groups in total. The lowest BCUT2D eigenvalue weighted by atomic mass is 9.98. The number of ether oxygens (including phenoxy) is 1. The smallest absolute Gasteiger partial charge is 0.290 e. The van der Waals surface area contributed by atoms with E-state index in [2.05, 4.69) is 0 Å². The number of fused-ring (bicyclic) bond motifs is 2. The third-order valence-corrected chi connectivity index (χ3v) is 5.15. The number of amides is 1. The molecular formula is C22H20ClNO5. The minimum absolute atomic E-state index is 0.00292. The Labute approximate surface area is 172 Å². The van der Waals surface area contributed by atoms with Crippen LogP contribution in [0.1, 0.15) is 41.1 Å². The molecule has 7 heteroatoms. The molecular weight excluding hydrogens is 394 g/mol. The zero-order valence-electron chi connectivity index (χ0n) is 15.9. The van der Waals surface area contributed by atoms with Crippen molar-refractivity contribution in [3.8, 4) is 5.75 Å². The Morgan fingerprint density at radius 1 is 1.21 bits per heavy atom. The van der Waals surface area contributed by atoms with Crippen LogP contribution in [0.4, 0.5) is 0 Å². The molecule has 0 saturated heterocycles. The van der Waals surface area contributed by atoms with Crippen LogP contribution in [-0.4, -0.2) is 35.7 Å². The highest BCUT2D eigenvalue weighted by molar-refractivity contribution is 6.31. The van der Waals surface area contributed by atoms with Gasteiger partial charge in [-0.25, -0.2) is 0 Å². The molecule has 0 aliphatic carbocycles. The highest BCUT2D eigenvalue weighted by Crippen LogP contribution is 2.39. The van der Waals surface area contributed by atoms with Gasteiger partial charge in [0.1, 0.15) is 11.3 Å². The number of aliphatic hydroxyl groups is 1. The third kappa shape index (κ3) is 3.39. The van der Waals surface area contributed by atoms with Crippen molar-refractivity contribution in [3.63, 3.8) is 0 Å². The van der Waals surface area contributed by atoms with Crippen molar-refractivity contribution in [2.75, 3.05) is 19.8 Å². The van der Waals surface area contributed by atoms with Crippen molar-refractivity contribution in [2.45, 2.75) is 19.4 Å². The molecule has 1 unspecified atom stereocenters. The summed E-state index contributed by atoms with van der Waals surface area (Å²) < 4.78 is 11.5. The van der Waals surface area contributed by atoms with Gasteiger partial charge in [-0.3, -0.25) is 9.59 Å². The lowest BCUT2D eigenvalue weighted by Gasteiger charge is -2.24. The number of rotatable bonds is 6. The van der Waals surface area contributed by atoms with Crippen molar-refractivity contribution < 1.29 is 19.1 Å². The zero-order valence-corrected chi connectivity index (χ0v) is 16.6. The molecule has 0 saturated carbocycles. The Balaban J connectivity index is 1.92. The number of aliphatic hydroxyl groups excluding tert-OH is 1. The maximum atomic E-state index is 13.3. The molecule has 0 spiro atoms. The first kappa shape index (κ1) is 19.5. The fourth-order valence-electron chi connectivity index (χ4n) is 3.67. The Bertz CT molecular complexity index is 1140. The SMILES string of the molecule is CCCOc1cccc(C2c3c(oc4ccc(Cl)cc4c3=O)C(=O)N2CCO)c1. The number of β-amino-alcohol motifs (C(OH)–C–C–N with tert-alkyl or cyclic N) is 1. The topological polar surface area (TPSA) is 80.0 Å². The van der Waals surface area contributed by atoms with Gasteiger partial charge in [0.2, 0.25) is 5.76 Å². The van der Waals surface area contributed by atoms with E-state index in [1.807, 2.05) is 31.2 Å². The first-order valence-electron chi connectivity index (χ1n) is 9.46. The first-order chi connectivity index (χ1) is 14.0. The van der Waals surface area contributed by atoms with Crippen molar-refractivity contribution in [1.82, 2.24) is 4.90 Å². The first-order valence-corrected chi connectivity index (χ1v) is 9.83. The van der Waals surface area contributed by atoms with E-state index in [0.29, 0.717) is 33.9 Å². The Kier molecular flexibility index (Phi) is 5.30. The summed E-state index contributed by atoms with van der Waals surface area (Å²) >= 11 is 6.06. The molecule has 0 radical (unpaired) electrons. The van der Waals surface area contributed by atoms with Crippen molar-refractivity contribution in [2.24, 2.45) is 0 Å². The van der Waals surface area contributed by atoms with E-state index in [4.69, 9.17) is 20.8 Å². The number of benzene rings is 2. The average Bonchev–Trinajstić information content (AvgIpc) is 3.00. The monoisotopic (exact) mass is 413 g/mol. The molecule has 3 aromatic rings. The van der Waals surface area contributed by atoms with E-state index in [1.165, 1.54) is 4.90 Å². The molecule has 2 heterocycles. The zero-order chi connectivity index (χ0) is 20.5. The summed E-state index contributed by atoms with van der Waals surface area (Å²) in [6.45, 7) is 2.42. The number of nitrogens with zero attached hydrogens (tertiary/aromatic N) is 1. The lowest BCUT2D eigenvalue weighted by molar-refractivity contribution is 0.0691. The van der Waals surface area contributed by atoms with Gasteiger partial charge in [0.15, 0.2) is 5.43 Å². The molecule has 1 amide bonds. The van der Waals surface area contributed by atoms with Crippen LogP contribution in [0.3, 0.4) is 0 Å². The summed E-state index contributed by atoms with van der Waals surface area (Å²) in [5.41, 5.74) is 0.970. The predicted molar refractivity (Wildman–Crippen MR) is 110 cm³/mol. The van der Waals surface area contributed by atoms with Crippen molar-refractivity contribution >= 4 is 28.5 Å². The average molecular weight is 414 g/mol. The second kappa shape index (κ2) is 7.89. The molecule has 4 rings (SSSR count). The van der Waals surface area contributed by atoms with Gasteiger partial charge in [-0.1, -0.05) is 30.7 Å². The van der Waals surface area contributed by atoms with Crippen LogP contribution in [0.25, 0.3) is 11.0 Å². The van der Waals surface area contributed by atoms with Crippen LogP contribution in [-0.2, 0) is 0 Å². The fraction of sp³-hybridized carbons (Fsp3) is 0.273. The molecule has 0 bridgehead atoms. The van der Waals surface area contributed by atoms with Crippen LogP contribution in [0.5, 0.6) is 5.75 Å². The van der Waals surface area contributed by atoms with Crippen LogP contribution >= 0.6 is 11.6 Å². The number of carbonyl (C=O) groups is 1. The number of carbonyl (C=O) groups excluding carboxylic acids is 1. The Morgan fingerprint density at radius 3 is 2.79 bits per heavy atom. The minimum Gasteiger partial charge on any atom is -0.494 e. The largest absolute Gasteiger partial charge is 0.494 e. The molecule has 1 aliphatic heterocycles. The molecule has 29 heavy (non-hydrogen) atoms. The van der Waals surface area contributed by atoms with Gasteiger partial charge in [0, 0.05) is 11.6 Å². The van der Waals surface area contributed by atoms with Crippen molar-refractivity contribution in [1.29, 1.82) is 0 Å². The van der Waals surface area contributed by atoms with Crippen LogP contribution in [0, 0.1) is 0 Å². The Hall–Kier alpha value is -2.83. The lowest BCUT2D eigenvalue weighted by Crippen LogP contribution is -2.32. The fourth-order valence-corrected chi connectivity index (χ4v) is 3.84. The molecule has 2 aromatic carbocycles. The standard InChI is InChI=1S/C22H20ClNO5/c1-2-10-28-15-5-3-4-13(11-15)19-18-20(26)16-12-14(23)6-7-17(16)29-21(18)22(27)24(19)8-9-25/h3-7,11-12,19,25H,2,8-10H2,1H3. The normalized spacial score (nSPS) is 15.8. The second-order valence-electron chi connectivity index (χ2n) is 6.86. The summed E-state index contributed by atoms with van der Waals surface area (Å²) in [5.74, 6) is 0.235. The van der Waals surface area contributed by atoms with E-state index < -0.39 is 11.9 Å². The van der Waals surface area contributed by atoms with E-state index in [-0.39, 0.29) is 29.9 Å². The highest BCUT2D eigenvalue weighted by atomic mass is 35.5. The third-order valence-electron chi connectivity index (χ3n) is 4.92. The quantitative estimate of drug-likeness (QED) is 0.665. The predicted octanol–water partition coefficient (Wildman–Crippen LogP) is 3.77. The van der Waals surface area contributed by atoms with E-state index in [9.17, 15) is 14.7 Å².